The fourth-order valence-corrected chi connectivity index (χ4v) is 3.18. The molecule has 2 unspecified atom stereocenters. The third-order valence-corrected chi connectivity index (χ3v) is 4.36. The van der Waals surface area contributed by atoms with Crippen molar-refractivity contribution in [2.24, 2.45) is 5.92 Å². The van der Waals surface area contributed by atoms with Crippen molar-refractivity contribution in [3.05, 3.63) is 29.8 Å². The molecule has 0 bridgehead atoms. The molecule has 1 aromatic carbocycles. The number of hydrogen-bond donors (Lipinski definition) is 1. The molecule has 0 aliphatic carbocycles. The standard InChI is InChI=1S/C16H19NO4/c18-15(19)6-5-11-7-8-17(9-11)16(20)13-10-21-14-4-2-1-3-12(13)14/h1-4,11,13H,5-10H2,(H,18,19). The number of benzene rings is 1. The molecule has 5 heteroatoms. The van der Waals surface area contributed by atoms with Gasteiger partial charge >= 0.3 is 5.97 Å². The first-order valence-electron chi connectivity index (χ1n) is 7.37. The Morgan fingerprint density at radius 2 is 2.14 bits per heavy atom. The zero-order valence-corrected chi connectivity index (χ0v) is 11.8. The SMILES string of the molecule is O=C(O)CCC1CCN(C(=O)C2COc3ccccc32)C1. The molecule has 5 nitrogen and oxygen atoms in total. The third kappa shape index (κ3) is 2.86. The molecule has 1 N–H and O–H groups in total. The number of para-hydroxylation sites is 1. The molecular formula is C16H19NO4. The van der Waals surface area contributed by atoms with E-state index in [0.29, 0.717) is 25.5 Å². The highest BCUT2D eigenvalue weighted by molar-refractivity contribution is 5.85. The average molecular weight is 289 g/mol. The molecule has 2 heterocycles. The van der Waals surface area contributed by atoms with Gasteiger partial charge in [-0.1, -0.05) is 18.2 Å². The van der Waals surface area contributed by atoms with E-state index in [1.54, 1.807) is 0 Å². The van der Waals surface area contributed by atoms with E-state index < -0.39 is 5.97 Å². The van der Waals surface area contributed by atoms with E-state index in [0.717, 1.165) is 24.3 Å². The smallest absolute Gasteiger partial charge is 0.303 e. The first kappa shape index (κ1) is 13.9. The summed E-state index contributed by atoms with van der Waals surface area (Å²) in [5.74, 6) is 0.246. The summed E-state index contributed by atoms with van der Waals surface area (Å²) < 4.78 is 5.57. The summed E-state index contributed by atoms with van der Waals surface area (Å²) in [6.45, 7) is 1.81. The number of nitrogens with zero attached hydrogens (tertiary/aromatic N) is 1. The van der Waals surface area contributed by atoms with Crippen LogP contribution in [0.5, 0.6) is 5.75 Å². The predicted octanol–water partition coefficient (Wildman–Crippen LogP) is 1.88. The molecule has 0 aromatic heterocycles. The van der Waals surface area contributed by atoms with E-state index >= 15 is 0 Å². The van der Waals surface area contributed by atoms with Crippen molar-refractivity contribution in [1.82, 2.24) is 4.90 Å². The molecule has 1 amide bonds. The van der Waals surface area contributed by atoms with Crippen LogP contribution in [0.2, 0.25) is 0 Å². The molecule has 2 aliphatic heterocycles. The summed E-state index contributed by atoms with van der Waals surface area (Å²) >= 11 is 0. The lowest BCUT2D eigenvalue weighted by Gasteiger charge is -2.20. The Bertz CT molecular complexity index is 557. The molecule has 2 aliphatic rings. The number of carboxylic acids is 1. The zero-order chi connectivity index (χ0) is 14.8. The van der Waals surface area contributed by atoms with Gasteiger partial charge in [-0.2, -0.15) is 0 Å². The summed E-state index contributed by atoms with van der Waals surface area (Å²) in [4.78, 5) is 25.1. The molecule has 0 radical (unpaired) electrons. The highest BCUT2D eigenvalue weighted by Crippen LogP contribution is 2.35. The number of fused-ring (bicyclic) bond motifs is 1. The van der Waals surface area contributed by atoms with Crippen molar-refractivity contribution in [2.75, 3.05) is 19.7 Å². The number of carboxylic acid groups (broad SMARTS) is 1. The van der Waals surface area contributed by atoms with E-state index in [4.69, 9.17) is 9.84 Å². The van der Waals surface area contributed by atoms with Crippen LogP contribution in [0.4, 0.5) is 0 Å². The zero-order valence-electron chi connectivity index (χ0n) is 11.8. The summed E-state index contributed by atoms with van der Waals surface area (Å²) in [6.07, 6.45) is 1.73. The number of carbonyl (C=O) groups excluding carboxylic acids is 1. The lowest BCUT2D eigenvalue weighted by molar-refractivity contribution is -0.137. The van der Waals surface area contributed by atoms with Crippen LogP contribution in [-0.2, 0) is 9.59 Å². The Balaban J connectivity index is 1.61. The molecule has 21 heavy (non-hydrogen) atoms. The van der Waals surface area contributed by atoms with Crippen molar-refractivity contribution in [1.29, 1.82) is 0 Å². The van der Waals surface area contributed by atoms with Gasteiger partial charge in [0.05, 0.1) is 0 Å². The molecule has 1 fully saturated rings. The highest BCUT2D eigenvalue weighted by Gasteiger charge is 2.36. The molecule has 1 aromatic rings. The van der Waals surface area contributed by atoms with Crippen LogP contribution >= 0.6 is 0 Å². The molecule has 0 spiro atoms. The van der Waals surface area contributed by atoms with Gasteiger partial charge < -0.3 is 14.7 Å². The van der Waals surface area contributed by atoms with Gasteiger partial charge in [0.15, 0.2) is 0 Å². The van der Waals surface area contributed by atoms with Crippen molar-refractivity contribution < 1.29 is 19.4 Å². The minimum Gasteiger partial charge on any atom is -0.492 e. The second-order valence-electron chi connectivity index (χ2n) is 5.77. The normalized spacial score (nSPS) is 23.7. The number of likely N-dealkylation sites (tertiary alicyclic amines) is 1. The van der Waals surface area contributed by atoms with Crippen molar-refractivity contribution >= 4 is 11.9 Å². The van der Waals surface area contributed by atoms with E-state index in [-0.39, 0.29) is 18.2 Å². The molecule has 3 rings (SSSR count). The van der Waals surface area contributed by atoms with Gasteiger partial charge in [0, 0.05) is 25.1 Å². The van der Waals surface area contributed by atoms with Crippen molar-refractivity contribution in [3.8, 4) is 5.75 Å². The van der Waals surface area contributed by atoms with E-state index in [9.17, 15) is 9.59 Å². The van der Waals surface area contributed by atoms with Crippen LogP contribution in [0.15, 0.2) is 24.3 Å². The number of aliphatic carboxylic acids is 1. The number of ether oxygens (including phenoxy) is 1. The summed E-state index contributed by atoms with van der Waals surface area (Å²) in [5, 5.41) is 8.73. The Hall–Kier alpha value is -2.04. The van der Waals surface area contributed by atoms with Crippen molar-refractivity contribution in [3.63, 3.8) is 0 Å². The van der Waals surface area contributed by atoms with Gasteiger partial charge in [-0.05, 0) is 24.8 Å². The monoisotopic (exact) mass is 289 g/mol. The number of hydrogen-bond acceptors (Lipinski definition) is 3. The molecule has 0 saturated carbocycles. The highest BCUT2D eigenvalue weighted by atomic mass is 16.5. The second kappa shape index (κ2) is 5.76. The van der Waals surface area contributed by atoms with Crippen LogP contribution in [-0.4, -0.2) is 41.6 Å². The average Bonchev–Trinajstić information content (AvgIpc) is 3.11. The Labute approximate surface area is 123 Å². The van der Waals surface area contributed by atoms with Gasteiger partial charge in [-0.15, -0.1) is 0 Å². The van der Waals surface area contributed by atoms with Gasteiger partial charge in [0.1, 0.15) is 18.3 Å². The van der Waals surface area contributed by atoms with Crippen molar-refractivity contribution in [2.45, 2.75) is 25.2 Å². The van der Waals surface area contributed by atoms with Crippen LogP contribution < -0.4 is 4.74 Å². The van der Waals surface area contributed by atoms with Crippen LogP contribution in [0.25, 0.3) is 0 Å². The van der Waals surface area contributed by atoms with E-state index in [1.165, 1.54) is 0 Å². The Morgan fingerprint density at radius 1 is 1.33 bits per heavy atom. The van der Waals surface area contributed by atoms with E-state index in [1.807, 2.05) is 29.2 Å². The molecule has 112 valence electrons. The van der Waals surface area contributed by atoms with E-state index in [2.05, 4.69) is 0 Å². The van der Waals surface area contributed by atoms with Crippen LogP contribution in [0.1, 0.15) is 30.7 Å². The topological polar surface area (TPSA) is 66.8 Å². The first-order chi connectivity index (χ1) is 10.1. The van der Waals surface area contributed by atoms with Crippen LogP contribution in [0.3, 0.4) is 0 Å². The fraction of sp³-hybridized carbons (Fsp3) is 0.500. The maximum absolute atomic E-state index is 12.6. The number of carbonyl (C=O) groups is 2. The molecular weight excluding hydrogens is 270 g/mol. The van der Waals surface area contributed by atoms with Gasteiger partial charge in [-0.25, -0.2) is 0 Å². The van der Waals surface area contributed by atoms with Gasteiger partial charge in [0.25, 0.3) is 0 Å². The minimum atomic E-state index is -0.766. The largest absolute Gasteiger partial charge is 0.492 e. The second-order valence-corrected chi connectivity index (χ2v) is 5.77. The lowest BCUT2D eigenvalue weighted by Crippen LogP contribution is -2.34. The number of amides is 1. The lowest BCUT2D eigenvalue weighted by atomic mass is 10.00. The maximum atomic E-state index is 12.6. The van der Waals surface area contributed by atoms with Gasteiger partial charge in [0.2, 0.25) is 5.91 Å². The minimum absolute atomic E-state index is 0.109. The Kier molecular flexibility index (Phi) is 3.82. The Morgan fingerprint density at radius 3 is 2.95 bits per heavy atom. The maximum Gasteiger partial charge on any atom is 0.303 e. The molecule has 1 saturated heterocycles. The predicted molar refractivity (Wildman–Crippen MR) is 76.2 cm³/mol. The summed E-state index contributed by atoms with van der Waals surface area (Å²) in [6, 6.07) is 7.67. The quantitative estimate of drug-likeness (QED) is 0.919. The fourth-order valence-electron chi connectivity index (χ4n) is 3.18. The number of rotatable bonds is 4. The van der Waals surface area contributed by atoms with Gasteiger partial charge in [-0.3, -0.25) is 9.59 Å². The third-order valence-electron chi connectivity index (χ3n) is 4.36. The summed E-state index contributed by atoms with van der Waals surface area (Å²) in [7, 11) is 0. The van der Waals surface area contributed by atoms with Crippen LogP contribution in [0, 0.1) is 5.92 Å². The molecule has 2 atom stereocenters. The first-order valence-corrected chi connectivity index (χ1v) is 7.37. The summed E-state index contributed by atoms with van der Waals surface area (Å²) in [5.41, 5.74) is 0.969.